The number of amides is 1. The summed E-state index contributed by atoms with van der Waals surface area (Å²) < 4.78 is 1.59. The molecule has 6 rings (SSSR count). The van der Waals surface area contributed by atoms with Crippen LogP contribution in [0, 0.1) is 0 Å². The number of hydrogen-bond acceptors (Lipinski definition) is 4. The number of fused-ring (bicyclic) bond motifs is 3. The molecule has 6 nitrogen and oxygen atoms in total. The van der Waals surface area contributed by atoms with Gasteiger partial charge in [-0.05, 0) is 40.7 Å². The first kappa shape index (κ1) is 21.4. The molecule has 0 saturated heterocycles. The number of benzene rings is 3. The molecule has 1 aliphatic heterocycles. The lowest BCUT2D eigenvalue weighted by Crippen LogP contribution is -2.46. The van der Waals surface area contributed by atoms with E-state index in [-0.39, 0.29) is 23.6 Å². The fourth-order valence-corrected chi connectivity index (χ4v) is 5.61. The topological polar surface area (TPSA) is 75.4 Å². The third kappa shape index (κ3) is 3.62. The molecular weight excluding hydrogens is 438 g/mol. The van der Waals surface area contributed by atoms with Gasteiger partial charge in [0.2, 0.25) is 5.43 Å². The maximum atomic E-state index is 13.5. The van der Waals surface area contributed by atoms with Gasteiger partial charge in [0.15, 0.2) is 11.4 Å². The monoisotopic (exact) mass is 463 g/mol. The molecule has 1 amide bonds. The van der Waals surface area contributed by atoms with Gasteiger partial charge in [0.05, 0.1) is 12.2 Å². The fraction of sp³-hybridized carbons (Fsp3) is 0.207. The maximum absolute atomic E-state index is 13.5. The normalized spacial score (nSPS) is 17.3. The van der Waals surface area contributed by atoms with Crippen LogP contribution in [0.4, 0.5) is 0 Å². The third-order valence-electron chi connectivity index (χ3n) is 7.24. The van der Waals surface area contributed by atoms with Crippen molar-refractivity contribution in [3.63, 3.8) is 0 Å². The molecule has 2 aliphatic rings. The van der Waals surface area contributed by atoms with Crippen molar-refractivity contribution in [2.45, 2.75) is 31.3 Å². The lowest BCUT2D eigenvalue weighted by Gasteiger charge is -2.39. The van der Waals surface area contributed by atoms with Crippen LogP contribution in [0.5, 0.6) is 5.75 Å². The number of carbonyl (C=O) groups is 1. The second-order valence-electron chi connectivity index (χ2n) is 9.26. The summed E-state index contributed by atoms with van der Waals surface area (Å²) >= 11 is 0. The van der Waals surface area contributed by atoms with Gasteiger partial charge in [0, 0.05) is 19.0 Å². The van der Waals surface area contributed by atoms with Crippen molar-refractivity contribution in [3.8, 4) is 5.75 Å². The molecule has 1 aliphatic carbocycles. The van der Waals surface area contributed by atoms with Crippen LogP contribution in [0.15, 0.2) is 89.9 Å². The van der Waals surface area contributed by atoms with Gasteiger partial charge in [-0.2, -0.15) is 5.10 Å². The van der Waals surface area contributed by atoms with Gasteiger partial charge in [-0.1, -0.05) is 78.9 Å². The molecule has 0 bridgehead atoms. The van der Waals surface area contributed by atoms with Crippen molar-refractivity contribution >= 4 is 5.91 Å². The minimum absolute atomic E-state index is 0.0381. The predicted octanol–water partition coefficient (Wildman–Crippen LogP) is 4.08. The van der Waals surface area contributed by atoms with E-state index in [1.165, 1.54) is 22.3 Å². The molecule has 174 valence electrons. The summed E-state index contributed by atoms with van der Waals surface area (Å²) in [6.07, 6.45) is 2.97. The van der Waals surface area contributed by atoms with E-state index in [0.717, 1.165) is 24.6 Å². The third-order valence-corrected chi connectivity index (χ3v) is 7.24. The highest BCUT2D eigenvalue weighted by Gasteiger charge is 2.41. The molecule has 1 atom stereocenters. The van der Waals surface area contributed by atoms with Gasteiger partial charge in [0.25, 0.3) is 5.91 Å². The van der Waals surface area contributed by atoms with E-state index in [1.807, 2.05) is 42.5 Å². The van der Waals surface area contributed by atoms with Crippen molar-refractivity contribution < 1.29 is 9.90 Å². The summed E-state index contributed by atoms with van der Waals surface area (Å²) in [7, 11) is 0. The quantitative estimate of drug-likeness (QED) is 0.497. The Hall–Kier alpha value is -4.19. The van der Waals surface area contributed by atoms with Crippen molar-refractivity contribution in [1.29, 1.82) is 0 Å². The van der Waals surface area contributed by atoms with Crippen LogP contribution in [-0.4, -0.2) is 32.2 Å². The zero-order valence-electron chi connectivity index (χ0n) is 19.2. The number of aromatic nitrogens is 2. The van der Waals surface area contributed by atoms with Gasteiger partial charge >= 0.3 is 0 Å². The highest BCUT2D eigenvalue weighted by molar-refractivity contribution is 5.95. The van der Waals surface area contributed by atoms with E-state index in [4.69, 9.17) is 0 Å². The van der Waals surface area contributed by atoms with Crippen molar-refractivity contribution in [2.75, 3.05) is 6.54 Å². The number of hydrogen-bond donors (Lipinski definition) is 1. The molecule has 4 aromatic rings. The molecule has 1 N–H and O–H groups in total. The number of nitrogens with zero attached hydrogens (tertiary/aromatic N) is 3. The van der Waals surface area contributed by atoms with Gasteiger partial charge in [-0.25, -0.2) is 0 Å². The second-order valence-corrected chi connectivity index (χ2v) is 9.26. The van der Waals surface area contributed by atoms with E-state index in [2.05, 4.69) is 41.5 Å². The Morgan fingerprint density at radius 3 is 2.09 bits per heavy atom. The Balaban J connectivity index is 1.56. The van der Waals surface area contributed by atoms with E-state index in [0.29, 0.717) is 13.1 Å². The van der Waals surface area contributed by atoms with Crippen LogP contribution in [0.3, 0.4) is 0 Å². The minimum Gasteiger partial charge on any atom is -0.502 e. The van der Waals surface area contributed by atoms with Gasteiger partial charge < -0.3 is 10.0 Å². The standard InChI is InChI=1S/C29H25N3O3/c33-25-16-30-32-24(18-31(29(35)27(32)28(25)34)17-19-8-2-1-3-9-19)26-22-12-6-4-10-20(22)14-15-21-11-5-7-13-23(21)26/h1-13,16,24,26,34H,14-15,17-18H2. The molecule has 0 fully saturated rings. The first-order valence-corrected chi connectivity index (χ1v) is 11.9. The van der Waals surface area contributed by atoms with Gasteiger partial charge in [-0.15, -0.1) is 0 Å². The number of carbonyl (C=O) groups excluding carboxylic acids is 1. The predicted molar refractivity (Wildman–Crippen MR) is 133 cm³/mol. The first-order chi connectivity index (χ1) is 17.1. The van der Waals surface area contributed by atoms with Crippen LogP contribution < -0.4 is 5.43 Å². The smallest absolute Gasteiger partial charge is 0.276 e. The zero-order valence-corrected chi connectivity index (χ0v) is 19.2. The summed E-state index contributed by atoms with van der Waals surface area (Å²) in [6.45, 7) is 0.790. The molecule has 35 heavy (non-hydrogen) atoms. The Labute approximate surface area is 203 Å². The van der Waals surface area contributed by atoms with Crippen LogP contribution in [-0.2, 0) is 19.4 Å². The molecule has 2 heterocycles. The molecule has 1 aromatic heterocycles. The van der Waals surface area contributed by atoms with Crippen LogP contribution in [0.2, 0.25) is 0 Å². The minimum atomic E-state index is -0.647. The summed E-state index contributed by atoms with van der Waals surface area (Å²) in [5, 5.41) is 15.1. The molecule has 1 unspecified atom stereocenters. The molecule has 0 spiro atoms. The van der Waals surface area contributed by atoms with E-state index >= 15 is 0 Å². The lowest BCUT2D eigenvalue weighted by atomic mass is 9.81. The van der Waals surface area contributed by atoms with Crippen molar-refractivity contribution in [2.24, 2.45) is 0 Å². The average Bonchev–Trinajstić information content (AvgIpc) is 3.05. The molecule has 0 saturated carbocycles. The van der Waals surface area contributed by atoms with E-state index < -0.39 is 11.2 Å². The van der Waals surface area contributed by atoms with Crippen LogP contribution in [0.25, 0.3) is 0 Å². The molecule has 0 radical (unpaired) electrons. The Bertz CT molecular complexity index is 1430. The van der Waals surface area contributed by atoms with E-state index in [1.54, 1.807) is 9.58 Å². The number of aryl methyl sites for hydroxylation is 2. The molecule has 3 aromatic carbocycles. The SMILES string of the molecule is O=C1c2c(O)c(=O)cnn2C(C2c3ccccc3CCc3ccccc32)CN1Cc1ccccc1. The Kier molecular flexibility index (Phi) is 5.21. The first-order valence-electron chi connectivity index (χ1n) is 11.9. The Morgan fingerprint density at radius 2 is 1.43 bits per heavy atom. The Morgan fingerprint density at radius 1 is 0.829 bits per heavy atom. The fourth-order valence-electron chi connectivity index (χ4n) is 5.61. The van der Waals surface area contributed by atoms with E-state index in [9.17, 15) is 14.7 Å². The van der Waals surface area contributed by atoms with Crippen LogP contribution >= 0.6 is 0 Å². The molecular formula is C29H25N3O3. The summed E-state index contributed by atoms with van der Waals surface area (Å²) in [4.78, 5) is 27.6. The number of rotatable bonds is 3. The molecule has 6 heteroatoms. The zero-order chi connectivity index (χ0) is 23.9. The van der Waals surface area contributed by atoms with Crippen LogP contribution in [0.1, 0.15) is 50.3 Å². The van der Waals surface area contributed by atoms with Crippen molar-refractivity contribution in [1.82, 2.24) is 14.7 Å². The highest BCUT2D eigenvalue weighted by atomic mass is 16.3. The van der Waals surface area contributed by atoms with Gasteiger partial charge in [0.1, 0.15) is 0 Å². The summed E-state index contributed by atoms with van der Waals surface area (Å²) in [6, 6.07) is 26.3. The maximum Gasteiger partial charge on any atom is 0.276 e. The highest BCUT2D eigenvalue weighted by Crippen LogP contribution is 2.43. The average molecular weight is 464 g/mol. The lowest BCUT2D eigenvalue weighted by molar-refractivity contribution is 0.0618. The van der Waals surface area contributed by atoms with Gasteiger partial charge in [-0.3, -0.25) is 14.3 Å². The summed E-state index contributed by atoms with van der Waals surface area (Å²) in [5.74, 6) is -1.02. The summed E-state index contributed by atoms with van der Waals surface area (Å²) in [5.41, 5.74) is 5.24. The largest absolute Gasteiger partial charge is 0.502 e. The number of aromatic hydroxyl groups is 1. The van der Waals surface area contributed by atoms with Crippen molar-refractivity contribution in [3.05, 3.63) is 129 Å². The second kappa shape index (κ2) is 8.55.